The fourth-order valence-electron chi connectivity index (χ4n) is 6.80. The number of hydrogen-bond donors (Lipinski definition) is 1. The van der Waals surface area contributed by atoms with Crippen LogP contribution >= 0.6 is 0 Å². The van der Waals surface area contributed by atoms with Crippen LogP contribution in [0.25, 0.3) is 0 Å². The van der Waals surface area contributed by atoms with Gasteiger partial charge in [-0.2, -0.15) is 0 Å². The van der Waals surface area contributed by atoms with Crippen molar-refractivity contribution in [1.82, 2.24) is 0 Å². The highest BCUT2D eigenvalue weighted by atomic mass is 16.6. The number of carbonyl (C=O) groups excluding carboxylic acids is 2. The molecule has 1 spiro atoms. The van der Waals surface area contributed by atoms with E-state index in [1.807, 2.05) is 6.92 Å². The Balaban J connectivity index is 1.86. The second kappa shape index (κ2) is 6.65. The smallest absolute Gasteiger partial charge is 0.322 e. The molecule has 4 fully saturated rings. The number of Topliss-reactive ketones (excluding diaryl/α,β-unsaturated/α-hetero) is 1. The molecule has 4 rings (SSSR count). The highest BCUT2D eigenvalue weighted by molar-refractivity contribution is 6.07. The van der Waals surface area contributed by atoms with Crippen molar-refractivity contribution < 1.29 is 24.2 Å². The minimum Gasteiger partial charge on any atom is -0.455 e. The van der Waals surface area contributed by atoms with E-state index in [1.54, 1.807) is 13.8 Å². The number of carbonyl (C=O) groups is 2. The lowest BCUT2D eigenvalue weighted by Crippen LogP contribution is -2.64. The molecule has 9 atom stereocenters. The summed E-state index contributed by atoms with van der Waals surface area (Å²) in [5, 5.41) is 11.1. The number of esters is 1. The molecule has 0 aromatic heterocycles. The number of fused-ring (bicyclic) bond motifs is 1. The monoisotopic (exact) mass is 404 g/mol. The van der Waals surface area contributed by atoms with Crippen LogP contribution in [0.5, 0.6) is 0 Å². The lowest BCUT2D eigenvalue weighted by molar-refractivity contribution is -0.214. The predicted octanol–water partition coefficient (Wildman–Crippen LogP) is 3.82. The second-order valence-corrected chi connectivity index (χ2v) is 10.9. The lowest BCUT2D eigenvalue weighted by atomic mass is 9.58. The summed E-state index contributed by atoms with van der Waals surface area (Å²) in [5.41, 5.74) is -2.65. The van der Waals surface area contributed by atoms with E-state index in [-0.39, 0.29) is 36.1 Å². The molecular formula is C24H36O5. The van der Waals surface area contributed by atoms with Crippen molar-refractivity contribution in [2.24, 2.45) is 29.1 Å². The van der Waals surface area contributed by atoms with Crippen molar-refractivity contribution in [2.75, 3.05) is 0 Å². The molecule has 0 radical (unpaired) electrons. The fraction of sp³-hybridized carbons (Fsp3) is 0.833. The Labute approximate surface area is 174 Å². The quantitative estimate of drug-likeness (QED) is 0.377. The number of hydrogen-bond acceptors (Lipinski definition) is 5. The van der Waals surface area contributed by atoms with Gasteiger partial charge in [-0.15, -0.1) is 0 Å². The van der Waals surface area contributed by atoms with Crippen molar-refractivity contribution in [3.05, 3.63) is 12.2 Å². The van der Waals surface area contributed by atoms with E-state index >= 15 is 0 Å². The first-order chi connectivity index (χ1) is 13.4. The SMILES string of the molecule is C=C1C[C@@H]2CCC[C@@H](C)C[C@@H](C)[C@H]3O[C@@H]4[C@@](C)(C(=O)O[C@@]24CC1(C)O)C(=O)[C@H]3C. The van der Waals surface area contributed by atoms with Crippen LogP contribution in [0.2, 0.25) is 0 Å². The molecule has 3 aliphatic heterocycles. The molecule has 5 heteroatoms. The largest absolute Gasteiger partial charge is 0.455 e. The van der Waals surface area contributed by atoms with Crippen molar-refractivity contribution in [3.8, 4) is 0 Å². The molecule has 3 saturated heterocycles. The molecular weight excluding hydrogens is 368 g/mol. The highest BCUT2D eigenvalue weighted by Gasteiger charge is 2.74. The molecule has 29 heavy (non-hydrogen) atoms. The standard InChI is InChI=1S/C24H36O5/c1-13-8-7-9-17-11-15(3)22(5,27)12-24(17)20-23(6,21(26)29-24)19(25)16(4)18(28-20)14(2)10-13/h13-14,16-18,20,27H,3,7-12H2,1-2,4-6H3/t13-,14-,16+,17+,18-,20-,22?,23+,24+/m1/s1. The van der Waals surface area contributed by atoms with Gasteiger partial charge in [0.2, 0.25) is 0 Å². The number of ether oxygens (including phenoxy) is 2. The zero-order valence-corrected chi connectivity index (χ0v) is 18.5. The summed E-state index contributed by atoms with van der Waals surface area (Å²) in [6, 6.07) is 0. The van der Waals surface area contributed by atoms with E-state index in [0.29, 0.717) is 12.3 Å². The molecule has 3 heterocycles. The maximum absolute atomic E-state index is 13.5. The average molecular weight is 405 g/mol. The third-order valence-electron chi connectivity index (χ3n) is 8.54. The van der Waals surface area contributed by atoms with Crippen molar-refractivity contribution >= 4 is 11.8 Å². The first kappa shape index (κ1) is 21.0. The topological polar surface area (TPSA) is 72.8 Å². The predicted molar refractivity (Wildman–Crippen MR) is 109 cm³/mol. The highest BCUT2D eigenvalue weighted by Crippen LogP contribution is 2.59. The van der Waals surface area contributed by atoms with Gasteiger partial charge in [-0.25, -0.2) is 0 Å². The summed E-state index contributed by atoms with van der Waals surface area (Å²) in [4.78, 5) is 26.7. The molecule has 5 nitrogen and oxygen atoms in total. The lowest BCUT2D eigenvalue weighted by Gasteiger charge is -2.53. The van der Waals surface area contributed by atoms with Crippen LogP contribution < -0.4 is 0 Å². The Hall–Kier alpha value is -1.20. The molecule has 2 bridgehead atoms. The Bertz CT molecular complexity index is 742. The normalized spacial score (nSPS) is 53.1. The maximum Gasteiger partial charge on any atom is 0.322 e. The van der Waals surface area contributed by atoms with Crippen molar-refractivity contribution in [1.29, 1.82) is 0 Å². The summed E-state index contributed by atoms with van der Waals surface area (Å²) >= 11 is 0. The Morgan fingerprint density at radius 2 is 1.83 bits per heavy atom. The summed E-state index contributed by atoms with van der Waals surface area (Å²) in [5.74, 6) is -0.119. The van der Waals surface area contributed by atoms with Gasteiger partial charge in [0.1, 0.15) is 11.7 Å². The van der Waals surface area contributed by atoms with Gasteiger partial charge in [-0.3, -0.25) is 9.59 Å². The minimum atomic E-state index is -1.30. The van der Waals surface area contributed by atoms with E-state index < -0.39 is 28.7 Å². The molecule has 1 aliphatic carbocycles. The van der Waals surface area contributed by atoms with Gasteiger partial charge in [0.05, 0.1) is 11.7 Å². The van der Waals surface area contributed by atoms with Gasteiger partial charge in [0.25, 0.3) is 0 Å². The summed E-state index contributed by atoms with van der Waals surface area (Å²) in [6.07, 6.45) is 3.96. The average Bonchev–Trinajstić information content (AvgIpc) is 2.82. The molecule has 1 N–H and O–H groups in total. The fourth-order valence-corrected chi connectivity index (χ4v) is 6.80. The van der Waals surface area contributed by atoms with Crippen LogP contribution in [-0.4, -0.2) is 40.3 Å². The van der Waals surface area contributed by atoms with Gasteiger partial charge >= 0.3 is 5.97 Å². The molecule has 0 aromatic rings. The first-order valence-corrected chi connectivity index (χ1v) is 11.3. The summed E-state index contributed by atoms with van der Waals surface area (Å²) < 4.78 is 12.8. The number of aliphatic hydroxyl groups is 1. The van der Waals surface area contributed by atoms with E-state index in [9.17, 15) is 14.7 Å². The van der Waals surface area contributed by atoms with E-state index in [2.05, 4.69) is 20.4 Å². The van der Waals surface area contributed by atoms with Gasteiger partial charge in [-0.05, 0) is 50.5 Å². The van der Waals surface area contributed by atoms with Crippen molar-refractivity contribution in [3.63, 3.8) is 0 Å². The molecule has 0 amide bonds. The van der Waals surface area contributed by atoms with E-state index in [4.69, 9.17) is 9.47 Å². The molecule has 1 unspecified atom stereocenters. The van der Waals surface area contributed by atoms with Crippen LogP contribution in [0, 0.1) is 29.1 Å². The van der Waals surface area contributed by atoms with E-state index in [1.165, 1.54) is 0 Å². The van der Waals surface area contributed by atoms with Crippen LogP contribution in [-0.2, 0) is 19.1 Å². The van der Waals surface area contributed by atoms with Crippen LogP contribution in [0.3, 0.4) is 0 Å². The van der Waals surface area contributed by atoms with E-state index in [0.717, 1.165) is 31.3 Å². The number of ketones is 1. The third-order valence-corrected chi connectivity index (χ3v) is 8.54. The van der Waals surface area contributed by atoms with Crippen molar-refractivity contribution in [2.45, 2.75) is 96.6 Å². The molecule has 162 valence electrons. The zero-order valence-electron chi connectivity index (χ0n) is 18.5. The second-order valence-electron chi connectivity index (χ2n) is 10.9. The van der Waals surface area contributed by atoms with Gasteiger partial charge in [-0.1, -0.05) is 40.2 Å². The number of rotatable bonds is 0. The summed E-state index contributed by atoms with van der Waals surface area (Å²) in [7, 11) is 0. The van der Waals surface area contributed by atoms with Gasteiger partial charge in [0.15, 0.2) is 11.2 Å². The maximum atomic E-state index is 13.5. The van der Waals surface area contributed by atoms with Gasteiger partial charge in [0, 0.05) is 18.3 Å². The zero-order chi connectivity index (χ0) is 21.4. The van der Waals surface area contributed by atoms with Crippen LogP contribution in [0.1, 0.15) is 73.1 Å². The Kier molecular flexibility index (Phi) is 4.83. The summed E-state index contributed by atoms with van der Waals surface area (Å²) in [6.45, 7) is 13.9. The first-order valence-electron chi connectivity index (χ1n) is 11.3. The Morgan fingerprint density at radius 3 is 2.52 bits per heavy atom. The molecule has 1 saturated carbocycles. The minimum absolute atomic E-state index is 0.00784. The van der Waals surface area contributed by atoms with Gasteiger partial charge < -0.3 is 14.6 Å². The third kappa shape index (κ3) is 2.87. The Morgan fingerprint density at radius 1 is 1.14 bits per heavy atom. The van der Waals surface area contributed by atoms with Crippen LogP contribution in [0.4, 0.5) is 0 Å². The molecule has 4 aliphatic rings. The molecule has 0 aromatic carbocycles. The van der Waals surface area contributed by atoms with Crippen LogP contribution in [0.15, 0.2) is 12.2 Å².